The van der Waals surface area contributed by atoms with E-state index in [1.165, 1.54) is 0 Å². The van der Waals surface area contributed by atoms with Crippen molar-refractivity contribution < 1.29 is 14.3 Å². The molecule has 2 aliphatic heterocycles. The Morgan fingerprint density at radius 3 is 2.94 bits per heavy atom. The van der Waals surface area contributed by atoms with Gasteiger partial charge in [-0.3, -0.25) is 4.79 Å². The minimum atomic E-state index is -0.815. The Hall–Kier alpha value is -0.650. The van der Waals surface area contributed by atoms with Gasteiger partial charge < -0.3 is 20.1 Å². The molecule has 0 aromatic rings. The van der Waals surface area contributed by atoms with Gasteiger partial charge in [-0.05, 0) is 19.8 Å². The van der Waals surface area contributed by atoms with Gasteiger partial charge in [0.05, 0.1) is 25.4 Å². The van der Waals surface area contributed by atoms with Gasteiger partial charge in [0.2, 0.25) is 5.91 Å². The van der Waals surface area contributed by atoms with Crippen LogP contribution in [0.1, 0.15) is 26.7 Å². The molecule has 3 unspecified atom stereocenters. The molecule has 0 aromatic heterocycles. The molecule has 3 atom stereocenters. The van der Waals surface area contributed by atoms with Gasteiger partial charge in [-0.1, -0.05) is 6.92 Å². The monoisotopic (exact) mass is 242 g/mol. The Bertz CT molecular complexity index is 289. The number of amides is 1. The molecule has 2 fully saturated rings. The summed E-state index contributed by atoms with van der Waals surface area (Å²) in [5, 5.41) is 0. The van der Waals surface area contributed by atoms with Crippen LogP contribution < -0.4 is 5.73 Å². The minimum absolute atomic E-state index is 0.0250. The van der Waals surface area contributed by atoms with Crippen molar-refractivity contribution in [3.63, 3.8) is 0 Å². The normalized spacial score (nSPS) is 38.4. The number of carbonyl (C=O) groups excluding carboxylic acids is 1. The third-order valence-electron chi connectivity index (χ3n) is 3.68. The molecule has 2 saturated heterocycles. The van der Waals surface area contributed by atoms with Gasteiger partial charge in [-0.25, -0.2) is 0 Å². The number of nitrogens with two attached hydrogens (primary N) is 1. The number of hydrogen-bond donors (Lipinski definition) is 1. The molecule has 0 aromatic carbocycles. The second kappa shape index (κ2) is 4.92. The summed E-state index contributed by atoms with van der Waals surface area (Å²) >= 11 is 0. The first-order chi connectivity index (χ1) is 8.07. The average Bonchev–Trinajstić information content (AvgIpc) is 2.76. The number of nitrogens with zero attached hydrogens (tertiary/aromatic N) is 1. The molecule has 2 rings (SSSR count). The second-order valence-electron chi connectivity index (χ2n) is 5.12. The highest BCUT2D eigenvalue weighted by Gasteiger charge is 2.44. The molecular weight excluding hydrogens is 220 g/mol. The van der Waals surface area contributed by atoms with Crippen LogP contribution in [-0.4, -0.2) is 54.9 Å². The third kappa shape index (κ3) is 2.46. The third-order valence-corrected chi connectivity index (χ3v) is 3.68. The Kier molecular flexibility index (Phi) is 3.70. The molecule has 98 valence electrons. The number of ether oxygens (including phenoxy) is 2. The summed E-state index contributed by atoms with van der Waals surface area (Å²) in [5.74, 6) is 0.0250. The van der Waals surface area contributed by atoms with Crippen LogP contribution >= 0.6 is 0 Å². The van der Waals surface area contributed by atoms with E-state index in [2.05, 4.69) is 6.92 Å². The predicted octanol–water partition coefficient (Wildman–Crippen LogP) is 0.130. The number of morpholine rings is 1. The largest absolute Gasteiger partial charge is 0.379 e. The molecule has 2 heterocycles. The number of rotatable bonds is 2. The molecule has 17 heavy (non-hydrogen) atoms. The fraction of sp³-hybridized carbons (Fsp3) is 0.917. The van der Waals surface area contributed by atoms with Crippen LogP contribution in [-0.2, 0) is 14.3 Å². The highest BCUT2D eigenvalue weighted by Crippen LogP contribution is 2.23. The van der Waals surface area contributed by atoms with Crippen molar-refractivity contribution in [2.45, 2.75) is 44.4 Å². The van der Waals surface area contributed by atoms with Crippen LogP contribution in [0.5, 0.6) is 0 Å². The molecule has 5 nitrogen and oxygen atoms in total. The summed E-state index contributed by atoms with van der Waals surface area (Å²) in [7, 11) is 0. The van der Waals surface area contributed by atoms with E-state index in [1.807, 2.05) is 11.8 Å². The summed E-state index contributed by atoms with van der Waals surface area (Å²) in [6.45, 7) is 6.22. The zero-order valence-electron chi connectivity index (χ0n) is 10.6. The van der Waals surface area contributed by atoms with Crippen LogP contribution in [0, 0.1) is 0 Å². The first kappa shape index (κ1) is 12.8. The lowest BCUT2D eigenvalue weighted by atomic mass is 9.96. The lowest BCUT2D eigenvalue weighted by molar-refractivity contribution is -0.150. The molecule has 0 spiro atoms. The summed E-state index contributed by atoms with van der Waals surface area (Å²) < 4.78 is 10.9. The highest BCUT2D eigenvalue weighted by atomic mass is 16.5. The van der Waals surface area contributed by atoms with E-state index < -0.39 is 5.54 Å². The zero-order valence-corrected chi connectivity index (χ0v) is 10.6. The Labute approximate surface area is 102 Å². The lowest BCUT2D eigenvalue weighted by Crippen LogP contribution is -2.62. The molecule has 0 aliphatic carbocycles. The SMILES string of the molecule is CCC1COC(C)CN1C(=O)C1(N)CCOC1. The molecule has 2 aliphatic rings. The van der Waals surface area contributed by atoms with E-state index in [9.17, 15) is 4.79 Å². The van der Waals surface area contributed by atoms with E-state index in [4.69, 9.17) is 15.2 Å². The van der Waals surface area contributed by atoms with Crippen molar-refractivity contribution >= 4 is 5.91 Å². The van der Waals surface area contributed by atoms with Crippen LogP contribution in [0.15, 0.2) is 0 Å². The van der Waals surface area contributed by atoms with Gasteiger partial charge in [-0.15, -0.1) is 0 Å². The molecule has 5 heteroatoms. The summed E-state index contributed by atoms with van der Waals surface area (Å²) in [6.07, 6.45) is 1.61. The van der Waals surface area contributed by atoms with Crippen molar-refractivity contribution in [3.8, 4) is 0 Å². The van der Waals surface area contributed by atoms with Crippen molar-refractivity contribution in [2.24, 2.45) is 5.73 Å². The maximum absolute atomic E-state index is 12.5. The van der Waals surface area contributed by atoms with Crippen LogP contribution in [0.3, 0.4) is 0 Å². The first-order valence-electron chi connectivity index (χ1n) is 6.36. The molecule has 0 radical (unpaired) electrons. The van der Waals surface area contributed by atoms with Gasteiger partial charge >= 0.3 is 0 Å². The molecular formula is C12H22N2O3. The van der Waals surface area contributed by atoms with Gasteiger partial charge in [0.25, 0.3) is 0 Å². The Balaban J connectivity index is 2.10. The zero-order chi connectivity index (χ0) is 12.5. The predicted molar refractivity (Wildman–Crippen MR) is 63.6 cm³/mol. The fourth-order valence-electron chi connectivity index (χ4n) is 2.47. The maximum atomic E-state index is 12.5. The van der Waals surface area contributed by atoms with Crippen molar-refractivity contribution in [1.29, 1.82) is 0 Å². The molecule has 0 bridgehead atoms. The molecule has 1 amide bonds. The molecule has 2 N–H and O–H groups in total. The summed E-state index contributed by atoms with van der Waals surface area (Å²) in [6, 6.07) is 0.153. The van der Waals surface area contributed by atoms with Gasteiger partial charge in [0.1, 0.15) is 5.54 Å². The van der Waals surface area contributed by atoms with Gasteiger partial charge in [0.15, 0.2) is 0 Å². The quantitative estimate of drug-likeness (QED) is 0.747. The summed E-state index contributed by atoms with van der Waals surface area (Å²) in [5.41, 5.74) is 5.32. The number of hydrogen-bond acceptors (Lipinski definition) is 4. The van der Waals surface area contributed by atoms with E-state index in [0.29, 0.717) is 32.8 Å². The van der Waals surface area contributed by atoms with Crippen LogP contribution in [0.2, 0.25) is 0 Å². The minimum Gasteiger partial charge on any atom is -0.379 e. The Morgan fingerprint density at radius 2 is 2.35 bits per heavy atom. The van der Waals surface area contributed by atoms with E-state index in [0.717, 1.165) is 6.42 Å². The fourth-order valence-corrected chi connectivity index (χ4v) is 2.47. The summed E-state index contributed by atoms with van der Waals surface area (Å²) in [4.78, 5) is 14.4. The molecule has 0 saturated carbocycles. The van der Waals surface area contributed by atoms with Crippen molar-refractivity contribution in [1.82, 2.24) is 4.90 Å². The van der Waals surface area contributed by atoms with Crippen LogP contribution in [0.25, 0.3) is 0 Å². The van der Waals surface area contributed by atoms with Gasteiger partial charge in [0, 0.05) is 13.2 Å². The van der Waals surface area contributed by atoms with Crippen molar-refractivity contribution in [3.05, 3.63) is 0 Å². The lowest BCUT2D eigenvalue weighted by Gasteiger charge is -2.41. The van der Waals surface area contributed by atoms with E-state index in [1.54, 1.807) is 0 Å². The maximum Gasteiger partial charge on any atom is 0.245 e. The van der Waals surface area contributed by atoms with Crippen molar-refractivity contribution in [2.75, 3.05) is 26.4 Å². The topological polar surface area (TPSA) is 64.8 Å². The number of carbonyl (C=O) groups is 1. The second-order valence-corrected chi connectivity index (χ2v) is 5.12. The van der Waals surface area contributed by atoms with E-state index in [-0.39, 0.29) is 18.1 Å². The van der Waals surface area contributed by atoms with E-state index >= 15 is 0 Å². The highest BCUT2D eigenvalue weighted by molar-refractivity contribution is 5.87. The first-order valence-corrected chi connectivity index (χ1v) is 6.36. The Morgan fingerprint density at radius 1 is 1.59 bits per heavy atom. The average molecular weight is 242 g/mol. The van der Waals surface area contributed by atoms with Gasteiger partial charge in [-0.2, -0.15) is 0 Å². The standard InChI is InChI=1S/C12H22N2O3/c1-3-10-7-17-9(2)6-14(10)11(15)12(13)4-5-16-8-12/h9-10H,3-8,13H2,1-2H3. The smallest absolute Gasteiger partial charge is 0.245 e. The van der Waals surface area contributed by atoms with Crippen LogP contribution in [0.4, 0.5) is 0 Å².